The Morgan fingerprint density at radius 2 is 2.24 bits per heavy atom. The minimum absolute atomic E-state index is 0.0697. The number of carbonyl (C=O) groups is 1. The van der Waals surface area contributed by atoms with Gasteiger partial charge in [0.2, 0.25) is 0 Å². The van der Waals surface area contributed by atoms with Crippen LogP contribution in [0.5, 0.6) is 0 Å². The number of hydrogen-bond acceptors (Lipinski definition) is 7. The van der Waals surface area contributed by atoms with Crippen molar-refractivity contribution in [1.29, 1.82) is 0 Å². The number of rotatable bonds is 6. The molecular formula is C8H13N3O5S. The van der Waals surface area contributed by atoms with Gasteiger partial charge in [-0.3, -0.25) is 8.98 Å². The first-order valence-corrected chi connectivity index (χ1v) is 6.61. The third-order valence-electron chi connectivity index (χ3n) is 1.60. The van der Waals surface area contributed by atoms with Crippen molar-refractivity contribution in [3.8, 4) is 0 Å². The van der Waals surface area contributed by atoms with Crippen molar-refractivity contribution >= 4 is 16.1 Å². The highest BCUT2D eigenvalue weighted by Gasteiger charge is 2.08. The normalized spacial score (nSPS) is 11.4. The molecule has 0 aliphatic carbocycles. The van der Waals surface area contributed by atoms with Crippen molar-refractivity contribution in [3.05, 3.63) is 11.9 Å². The van der Waals surface area contributed by atoms with Gasteiger partial charge >= 0.3 is 5.97 Å². The molecule has 0 atom stereocenters. The third-order valence-corrected chi connectivity index (χ3v) is 2.15. The highest BCUT2D eigenvalue weighted by Crippen LogP contribution is 1.99. The van der Waals surface area contributed by atoms with Gasteiger partial charge in [-0.15, -0.1) is 5.10 Å². The predicted octanol–water partition coefficient (Wildman–Crippen LogP) is -0.683. The van der Waals surface area contributed by atoms with E-state index in [1.54, 1.807) is 6.92 Å². The van der Waals surface area contributed by atoms with Gasteiger partial charge < -0.3 is 4.74 Å². The Balaban J connectivity index is 2.51. The first-order chi connectivity index (χ1) is 7.90. The molecule has 1 aromatic heterocycles. The van der Waals surface area contributed by atoms with Gasteiger partial charge in [0.15, 0.2) is 0 Å². The fourth-order valence-electron chi connectivity index (χ4n) is 0.988. The fraction of sp³-hybridized carbons (Fsp3) is 0.625. The summed E-state index contributed by atoms with van der Waals surface area (Å²) in [5.41, 5.74) is 0.319. The Labute approximate surface area is 98.6 Å². The van der Waals surface area contributed by atoms with Crippen molar-refractivity contribution in [1.82, 2.24) is 15.0 Å². The van der Waals surface area contributed by atoms with Gasteiger partial charge in [-0.1, -0.05) is 5.21 Å². The average Bonchev–Trinajstić information content (AvgIpc) is 2.62. The highest BCUT2D eigenvalue weighted by molar-refractivity contribution is 7.85. The van der Waals surface area contributed by atoms with E-state index in [-0.39, 0.29) is 19.8 Å². The van der Waals surface area contributed by atoms with Gasteiger partial charge in [-0.25, -0.2) is 4.68 Å². The fourth-order valence-corrected chi connectivity index (χ4v) is 1.32. The van der Waals surface area contributed by atoms with E-state index in [9.17, 15) is 13.2 Å². The lowest BCUT2D eigenvalue weighted by molar-refractivity contribution is -0.144. The van der Waals surface area contributed by atoms with Crippen LogP contribution >= 0.6 is 0 Å². The minimum Gasteiger partial charge on any atom is -0.465 e. The van der Waals surface area contributed by atoms with E-state index in [0.29, 0.717) is 5.69 Å². The van der Waals surface area contributed by atoms with Crippen molar-refractivity contribution in [2.24, 2.45) is 0 Å². The maximum atomic E-state index is 11.1. The third kappa shape index (κ3) is 5.41. The lowest BCUT2D eigenvalue weighted by atomic mass is 10.5. The van der Waals surface area contributed by atoms with Crippen LogP contribution in [0.25, 0.3) is 0 Å². The molecule has 17 heavy (non-hydrogen) atoms. The first kappa shape index (κ1) is 13.6. The molecule has 0 aliphatic rings. The topological polar surface area (TPSA) is 100 Å². The monoisotopic (exact) mass is 263 g/mol. The summed E-state index contributed by atoms with van der Waals surface area (Å²) >= 11 is 0. The highest BCUT2D eigenvalue weighted by atomic mass is 32.2. The average molecular weight is 263 g/mol. The van der Waals surface area contributed by atoms with Crippen LogP contribution in [0.1, 0.15) is 12.6 Å². The Kier molecular flexibility index (Phi) is 4.58. The van der Waals surface area contributed by atoms with Crippen LogP contribution in [0, 0.1) is 0 Å². The molecule has 1 rings (SSSR count). The van der Waals surface area contributed by atoms with E-state index in [1.807, 2.05) is 0 Å². The van der Waals surface area contributed by atoms with Crippen molar-refractivity contribution < 1.29 is 22.1 Å². The van der Waals surface area contributed by atoms with Gasteiger partial charge in [-0.05, 0) is 6.92 Å². The summed E-state index contributed by atoms with van der Waals surface area (Å²) in [6, 6.07) is 0. The summed E-state index contributed by atoms with van der Waals surface area (Å²) in [5.74, 6) is -0.437. The minimum atomic E-state index is -3.51. The number of hydrogen-bond donors (Lipinski definition) is 0. The lowest BCUT2D eigenvalue weighted by Gasteiger charge is -2.00. The standard InChI is InChI=1S/C8H13N3O5S/c1-3-15-8(12)5-11-4-7(9-10-11)6-16-17(2,13)14/h4H,3,5-6H2,1-2H3. The first-order valence-electron chi connectivity index (χ1n) is 4.79. The Hall–Kier alpha value is -1.48. The van der Waals surface area contributed by atoms with Crippen LogP contribution in [0.15, 0.2) is 6.20 Å². The van der Waals surface area contributed by atoms with Crippen LogP contribution in [-0.4, -0.2) is 42.2 Å². The molecule has 0 fully saturated rings. The summed E-state index contributed by atoms with van der Waals surface area (Å²) in [5, 5.41) is 7.28. The molecule has 0 saturated heterocycles. The van der Waals surface area contributed by atoms with E-state index in [0.717, 1.165) is 6.26 Å². The van der Waals surface area contributed by atoms with Crippen molar-refractivity contribution in [2.75, 3.05) is 12.9 Å². The second-order valence-corrected chi connectivity index (χ2v) is 4.82. The molecule has 0 aromatic carbocycles. The largest absolute Gasteiger partial charge is 0.465 e. The van der Waals surface area contributed by atoms with E-state index >= 15 is 0 Å². The van der Waals surface area contributed by atoms with E-state index in [2.05, 4.69) is 14.5 Å². The quantitative estimate of drug-likeness (QED) is 0.495. The van der Waals surface area contributed by atoms with Crippen LogP contribution in [0.4, 0.5) is 0 Å². The molecule has 0 bridgehead atoms. The van der Waals surface area contributed by atoms with E-state index < -0.39 is 16.1 Å². The Morgan fingerprint density at radius 1 is 1.53 bits per heavy atom. The molecule has 96 valence electrons. The van der Waals surface area contributed by atoms with Gasteiger partial charge in [-0.2, -0.15) is 8.42 Å². The van der Waals surface area contributed by atoms with Crippen molar-refractivity contribution in [3.63, 3.8) is 0 Å². The zero-order chi connectivity index (χ0) is 12.9. The molecule has 0 unspecified atom stereocenters. The molecule has 0 aliphatic heterocycles. The van der Waals surface area contributed by atoms with Gasteiger partial charge in [0.25, 0.3) is 10.1 Å². The SMILES string of the molecule is CCOC(=O)Cn1cc(COS(C)(=O)=O)nn1. The van der Waals surface area contributed by atoms with Crippen molar-refractivity contribution in [2.45, 2.75) is 20.1 Å². The smallest absolute Gasteiger partial charge is 0.327 e. The Morgan fingerprint density at radius 3 is 2.82 bits per heavy atom. The molecule has 9 heteroatoms. The van der Waals surface area contributed by atoms with Gasteiger partial charge in [0.1, 0.15) is 18.8 Å². The van der Waals surface area contributed by atoms with E-state index in [1.165, 1.54) is 10.9 Å². The maximum absolute atomic E-state index is 11.1. The second-order valence-electron chi connectivity index (χ2n) is 3.18. The van der Waals surface area contributed by atoms with Crippen LogP contribution in [0.2, 0.25) is 0 Å². The van der Waals surface area contributed by atoms with E-state index in [4.69, 9.17) is 4.74 Å². The number of ether oxygens (including phenoxy) is 1. The van der Waals surface area contributed by atoms with Gasteiger partial charge in [0, 0.05) is 0 Å². The zero-order valence-corrected chi connectivity index (χ0v) is 10.3. The zero-order valence-electron chi connectivity index (χ0n) is 9.49. The molecule has 0 spiro atoms. The summed E-state index contributed by atoms with van der Waals surface area (Å²) in [4.78, 5) is 11.1. The number of aromatic nitrogens is 3. The lowest BCUT2D eigenvalue weighted by Crippen LogP contribution is -2.13. The summed E-state index contributed by atoms with van der Waals surface area (Å²) in [6.07, 6.45) is 2.36. The second kappa shape index (κ2) is 5.73. The summed E-state index contributed by atoms with van der Waals surface area (Å²) in [7, 11) is -3.51. The van der Waals surface area contributed by atoms with Crippen LogP contribution in [0.3, 0.4) is 0 Å². The Bertz CT molecular complexity index is 481. The number of carbonyl (C=O) groups excluding carboxylic acids is 1. The molecule has 0 saturated carbocycles. The molecule has 1 heterocycles. The van der Waals surface area contributed by atoms with Crippen LogP contribution < -0.4 is 0 Å². The maximum Gasteiger partial charge on any atom is 0.327 e. The molecule has 1 aromatic rings. The molecular weight excluding hydrogens is 250 g/mol. The number of esters is 1. The summed E-state index contributed by atoms with van der Waals surface area (Å²) < 4.78 is 31.9. The molecule has 0 radical (unpaired) electrons. The predicted molar refractivity (Wildman–Crippen MR) is 56.3 cm³/mol. The van der Waals surface area contributed by atoms with Crippen LogP contribution in [-0.2, 0) is 37.0 Å². The summed E-state index contributed by atoms with van der Waals surface area (Å²) in [6.45, 7) is 1.71. The molecule has 0 N–H and O–H groups in total. The molecule has 8 nitrogen and oxygen atoms in total. The number of nitrogens with zero attached hydrogens (tertiary/aromatic N) is 3. The van der Waals surface area contributed by atoms with Gasteiger partial charge in [0.05, 0.1) is 19.1 Å². The molecule has 0 amide bonds.